The highest BCUT2D eigenvalue weighted by atomic mass is 16.3. The maximum Gasteiger partial charge on any atom is 0.136 e. The fraction of sp³-hybridized carbons (Fsp3) is 0.0185. The second-order valence-electron chi connectivity index (χ2n) is 14.6. The van der Waals surface area contributed by atoms with Crippen molar-refractivity contribution >= 4 is 21.9 Å². The lowest BCUT2D eigenvalue weighted by Gasteiger charge is -2.33. The van der Waals surface area contributed by atoms with Gasteiger partial charge in [-0.15, -0.1) is 0 Å². The first kappa shape index (κ1) is 32.2. The van der Waals surface area contributed by atoms with E-state index >= 15 is 0 Å². The third kappa shape index (κ3) is 5.00. The monoisotopic (exact) mass is 713 g/mol. The van der Waals surface area contributed by atoms with Gasteiger partial charge in [0.2, 0.25) is 0 Å². The van der Waals surface area contributed by atoms with Crippen LogP contribution in [0.3, 0.4) is 0 Å². The Balaban J connectivity index is 1.07. The zero-order valence-corrected chi connectivity index (χ0v) is 30.6. The Morgan fingerprint density at radius 3 is 1.50 bits per heavy atom. The minimum atomic E-state index is -0.478. The Kier molecular flexibility index (Phi) is 7.43. The molecule has 0 bridgehead atoms. The molecule has 0 fully saturated rings. The lowest BCUT2D eigenvalue weighted by molar-refractivity contribution is 0.666. The van der Waals surface area contributed by atoms with Crippen LogP contribution >= 0.6 is 0 Å². The summed E-state index contributed by atoms with van der Waals surface area (Å²) in [4.78, 5) is 5.09. The fourth-order valence-corrected chi connectivity index (χ4v) is 9.05. The van der Waals surface area contributed by atoms with Crippen LogP contribution in [0.1, 0.15) is 22.3 Å². The molecule has 1 aliphatic carbocycles. The van der Waals surface area contributed by atoms with E-state index in [1.54, 1.807) is 0 Å². The van der Waals surface area contributed by atoms with E-state index in [4.69, 9.17) is 9.40 Å². The van der Waals surface area contributed by atoms with E-state index in [0.717, 1.165) is 66.7 Å². The highest BCUT2D eigenvalue weighted by Crippen LogP contribution is 2.57. The van der Waals surface area contributed by atoms with Crippen LogP contribution in [0.2, 0.25) is 0 Å². The van der Waals surface area contributed by atoms with Gasteiger partial charge in [-0.25, -0.2) is 4.98 Å². The average Bonchev–Trinajstić information content (AvgIpc) is 3.80. The third-order valence-corrected chi connectivity index (χ3v) is 11.6. The van der Waals surface area contributed by atoms with Crippen molar-refractivity contribution < 1.29 is 4.42 Å². The van der Waals surface area contributed by atoms with Crippen molar-refractivity contribution in [1.29, 1.82) is 0 Å². The molecular weight excluding hydrogens is 679 g/mol. The van der Waals surface area contributed by atoms with Crippen LogP contribution in [-0.4, -0.2) is 4.98 Å². The van der Waals surface area contributed by atoms with Crippen molar-refractivity contribution in [2.24, 2.45) is 0 Å². The SMILES string of the molecule is c1ccc(-c2cc(-c3ccc(-c4cccc5oc6cc7c(cc6c45)-c4ccccc4C7(c4ccccc4)c4ccccc4)cc3)cc(-c3ccccc3)n2)cc1. The topological polar surface area (TPSA) is 26.0 Å². The lowest BCUT2D eigenvalue weighted by Crippen LogP contribution is -2.28. The van der Waals surface area contributed by atoms with E-state index in [2.05, 4.69) is 200 Å². The summed E-state index contributed by atoms with van der Waals surface area (Å²) < 4.78 is 6.80. The lowest BCUT2D eigenvalue weighted by atomic mass is 9.67. The molecule has 1 aliphatic rings. The molecule has 262 valence electrons. The smallest absolute Gasteiger partial charge is 0.136 e. The molecular formula is C54H35NO. The standard InChI is InChI=1S/C54H35NO/c1-5-16-38(17-6-1)49-32-40(33-50(55-49)39-18-7-2-8-19-39)36-28-30-37(31-29-36)43-25-15-27-51-53(43)46-34-45-44-24-13-14-26-47(44)54(41-20-9-3-10-21-41,42-22-11-4-12-23-42)48(45)35-52(46)56-51/h1-35H. The molecule has 2 heterocycles. The Morgan fingerprint density at radius 2 is 0.875 bits per heavy atom. The molecule has 8 aromatic carbocycles. The Hall–Kier alpha value is -7.29. The number of hydrogen-bond donors (Lipinski definition) is 0. The predicted octanol–water partition coefficient (Wildman–Crippen LogP) is 14.0. The zero-order chi connectivity index (χ0) is 37.1. The van der Waals surface area contributed by atoms with Crippen LogP contribution in [-0.2, 0) is 5.41 Å². The largest absolute Gasteiger partial charge is 0.456 e. The fourth-order valence-electron chi connectivity index (χ4n) is 9.05. The van der Waals surface area contributed by atoms with Crippen molar-refractivity contribution in [3.05, 3.63) is 235 Å². The molecule has 2 nitrogen and oxygen atoms in total. The Morgan fingerprint density at radius 1 is 0.339 bits per heavy atom. The van der Waals surface area contributed by atoms with Gasteiger partial charge in [-0.3, -0.25) is 0 Å². The van der Waals surface area contributed by atoms with Crippen molar-refractivity contribution in [3.8, 4) is 55.9 Å². The number of hydrogen-bond acceptors (Lipinski definition) is 2. The first-order chi connectivity index (χ1) is 27.8. The zero-order valence-electron chi connectivity index (χ0n) is 30.6. The molecule has 0 atom stereocenters. The molecule has 10 aromatic rings. The Bertz CT molecular complexity index is 2940. The number of rotatable bonds is 6. The molecule has 0 saturated carbocycles. The molecule has 0 amide bonds. The van der Waals surface area contributed by atoms with Gasteiger partial charge in [-0.05, 0) is 86.0 Å². The number of furan rings is 1. The number of fused-ring (bicyclic) bond motifs is 6. The van der Waals surface area contributed by atoms with Gasteiger partial charge in [-0.2, -0.15) is 0 Å². The van der Waals surface area contributed by atoms with E-state index in [9.17, 15) is 0 Å². The molecule has 0 unspecified atom stereocenters. The van der Waals surface area contributed by atoms with Crippen LogP contribution in [0.25, 0.3) is 77.8 Å². The maximum atomic E-state index is 6.80. The molecule has 56 heavy (non-hydrogen) atoms. The first-order valence-corrected chi connectivity index (χ1v) is 19.2. The summed E-state index contributed by atoms with van der Waals surface area (Å²) in [6.45, 7) is 0. The van der Waals surface area contributed by atoms with E-state index in [-0.39, 0.29) is 0 Å². The molecule has 2 aromatic heterocycles. The highest BCUT2D eigenvalue weighted by molar-refractivity contribution is 6.14. The second kappa shape index (κ2) is 12.9. The first-order valence-electron chi connectivity index (χ1n) is 19.2. The summed E-state index contributed by atoms with van der Waals surface area (Å²) >= 11 is 0. The third-order valence-electron chi connectivity index (χ3n) is 11.6. The van der Waals surface area contributed by atoms with Crippen molar-refractivity contribution in [2.75, 3.05) is 0 Å². The number of pyridine rings is 1. The normalized spacial score (nSPS) is 12.8. The van der Waals surface area contributed by atoms with Gasteiger partial charge in [0, 0.05) is 21.9 Å². The molecule has 0 radical (unpaired) electrons. The number of benzene rings is 8. The van der Waals surface area contributed by atoms with E-state index in [1.165, 1.54) is 33.4 Å². The maximum absolute atomic E-state index is 6.80. The molecule has 11 rings (SSSR count). The quantitative estimate of drug-likeness (QED) is 0.171. The highest BCUT2D eigenvalue weighted by Gasteiger charge is 2.46. The summed E-state index contributed by atoms with van der Waals surface area (Å²) in [6, 6.07) is 76.1. The van der Waals surface area contributed by atoms with Crippen LogP contribution in [0.15, 0.2) is 217 Å². The molecule has 0 saturated heterocycles. The number of nitrogens with zero attached hydrogens (tertiary/aromatic N) is 1. The molecule has 2 heteroatoms. The van der Waals surface area contributed by atoms with Crippen LogP contribution in [0.5, 0.6) is 0 Å². The van der Waals surface area contributed by atoms with Gasteiger partial charge in [0.25, 0.3) is 0 Å². The minimum absolute atomic E-state index is 0.478. The van der Waals surface area contributed by atoms with E-state index in [0.29, 0.717) is 0 Å². The summed E-state index contributed by atoms with van der Waals surface area (Å²) in [5, 5.41) is 2.26. The molecule has 0 spiro atoms. The van der Waals surface area contributed by atoms with Gasteiger partial charge in [0.15, 0.2) is 0 Å². The van der Waals surface area contributed by atoms with Gasteiger partial charge < -0.3 is 4.42 Å². The van der Waals surface area contributed by atoms with Crippen LogP contribution in [0, 0.1) is 0 Å². The van der Waals surface area contributed by atoms with Gasteiger partial charge >= 0.3 is 0 Å². The van der Waals surface area contributed by atoms with Crippen molar-refractivity contribution in [2.45, 2.75) is 5.41 Å². The van der Waals surface area contributed by atoms with Gasteiger partial charge in [0.05, 0.1) is 16.8 Å². The second-order valence-corrected chi connectivity index (χ2v) is 14.6. The summed E-state index contributed by atoms with van der Waals surface area (Å²) in [7, 11) is 0. The Labute approximate surface area is 326 Å². The summed E-state index contributed by atoms with van der Waals surface area (Å²) in [5.74, 6) is 0. The minimum Gasteiger partial charge on any atom is -0.456 e. The van der Waals surface area contributed by atoms with E-state index < -0.39 is 5.41 Å². The molecule has 0 aliphatic heterocycles. The van der Waals surface area contributed by atoms with Gasteiger partial charge in [0.1, 0.15) is 11.2 Å². The van der Waals surface area contributed by atoms with Crippen LogP contribution < -0.4 is 0 Å². The van der Waals surface area contributed by atoms with Crippen molar-refractivity contribution in [1.82, 2.24) is 4.98 Å². The average molecular weight is 714 g/mol. The predicted molar refractivity (Wildman–Crippen MR) is 231 cm³/mol. The summed E-state index contributed by atoms with van der Waals surface area (Å²) in [6.07, 6.45) is 0. The van der Waals surface area contributed by atoms with E-state index in [1.807, 2.05) is 12.1 Å². The number of aromatic nitrogens is 1. The van der Waals surface area contributed by atoms with Crippen LogP contribution in [0.4, 0.5) is 0 Å². The summed E-state index contributed by atoms with van der Waals surface area (Å²) in [5.41, 5.74) is 17.5. The van der Waals surface area contributed by atoms with Crippen molar-refractivity contribution in [3.63, 3.8) is 0 Å². The van der Waals surface area contributed by atoms with Gasteiger partial charge in [-0.1, -0.05) is 182 Å². The molecule has 0 N–H and O–H groups in total.